The van der Waals surface area contributed by atoms with Gasteiger partial charge in [0, 0.05) is 26.2 Å². The number of halogens is 1. The number of hydrogen-bond acceptors (Lipinski definition) is 3. The summed E-state index contributed by atoms with van der Waals surface area (Å²) >= 11 is 0. The van der Waals surface area contributed by atoms with E-state index in [9.17, 15) is 12.8 Å². The van der Waals surface area contributed by atoms with Gasteiger partial charge in [0.25, 0.3) is 0 Å². The van der Waals surface area contributed by atoms with Crippen molar-refractivity contribution in [3.63, 3.8) is 0 Å². The average molecular weight is 435 g/mol. The van der Waals surface area contributed by atoms with Crippen LogP contribution in [0.4, 0.5) is 4.39 Å². The monoisotopic (exact) mass is 434 g/mol. The predicted molar refractivity (Wildman–Crippen MR) is 119 cm³/mol. The van der Waals surface area contributed by atoms with Crippen molar-refractivity contribution < 1.29 is 12.8 Å². The molecule has 0 heterocycles. The van der Waals surface area contributed by atoms with E-state index in [1.807, 2.05) is 26.8 Å². The van der Waals surface area contributed by atoms with Crippen LogP contribution in [0.15, 0.2) is 52.4 Å². The third-order valence-corrected chi connectivity index (χ3v) is 6.84. The van der Waals surface area contributed by atoms with Crippen LogP contribution in [0.5, 0.6) is 0 Å². The fourth-order valence-electron chi connectivity index (χ4n) is 2.66. The van der Waals surface area contributed by atoms with E-state index in [1.165, 1.54) is 10.4 Å². The Morgan fingerprint density at radius 2 is 1.73 bits per heavy atom. The van der Waals surface area contributed by atoms with Crippen LogP contribution < -0.4 is 10.6 Å². The number of aryl methyl sites for hydroxylation is 1. The summed E-state index contributed by atoms with van der Waals surface area (Å²) in [7, 11) is -1.92. The molecule has 0 aliphatic carbocycles. The molecule has 0 bridgehead atoms. The molecule has 30 heavy (non-hydrogen) atoms. The Hall–Kier alpha value is -2.45. The van der Waals surface area contributed by atoms with Crippen molar-refractivity contribution in [3.05, 3.63) is 65.0 Å². The molecule has 0 saturated heterocycles. The number of benzene rings is 2. The molecule has 0 fully saturated rings. The van der Waals surface area contributed by atoms with Gasteiger partial charge in [-0.2, -0.15) is 4.31 Å². The van der Waals surface area contributed by atoms with Crippen molar-refractivity contribution in [1.82, 2.24) is 14.9 Å². The number of rotatable bonds is 8. The Bertz CT molecular complexity index is 973. The average Bonchev–Trinajstić information content (AvgIpc) is 2.72. The summed E-state index contributed by atoms with van der Waals surface area (Å²) in [5.74, 6) is 0.369. The van der Waals surface area contributed by atoms with Crippen LogP contribution in [0.25, 0.3) is 0 Å². The van der Waals surface area contributed by atoms with E-state index in [4.69, 9.17) is 0 Å². The quantitative estimate of drug-likeness (QED) is 0.493. The van der Waals surface area contributed by atoms with Crippen molar-refractivity contribution in [2.45, 2.75) is 51.7 Å². The molecule has 0 atom stereocenters. The molecular formula is C22H31FN4O2S. The maximum atomic E-state index is 13.7. The fourth-order valence-corrected chi connectivity index (χ4v) is 4.02. The van der Waals surface area contributed by atoms with E-state index in [0.29, 0.717) is 31.2 Å². The lowest BCUT2D eigenvalue weighted by atomic mass is 10.1. The molecule has 2 aromatic rings. The first kappa shape index (κ1) is 23.8. The molecule has 2 rings (SSSR count). The van der Waals surface area contributed by atoms with E-state index in [0.717, 1.165) is 11.1 Å². The largest absolute Gasteiger partial charge is 0.357 e. The first-order valence-electron chi connectivity index (χ1n) is 9.99. The standard InChI is InChI=1S/C22H31FN4O2S/c1-6-24-22(26-15-19-8-7-17(4)21(23)13-19)25-14-18-9-11-20(12-10-18)30(28,29)27(5)16(2)3/h7-13,16H,6,14-15H2,1-5H3,(H2,24,25,26). The highest BCUT2D eigenvalue weighted by Gasteiger charge is 2.22. The normalized spacial score (nSPS) is 12.5. The molecule has 0 aliphatic heterocycles. The molecule has 8 heteroatoms. The van der Waals surface area contributed by atoms with E-state index < -0.39 is 10.0 Å². The van der Waals surface area contributed by atoms with Gasteiger partial charge in [-0.15, -0.1) is 0 Å². The lowest BCUT2D eigenvalue weighted by Crippen LogP contribution is -2.36. The van der Waals surface area contributed by atoms with Crippen LogP contribution in [0.1, 0.15) is 37.5 Å². The number of nitrogens with zero attached hydrogens (tertiary/aromatic N) is 2. The molecular weight excluding hydrogens is 403 g/mol. The minimum Gasteiger partial charge on any atom is -0.357 e. The Balaban J connectivity index is 2.04. The van der Waals surface area contributed by atoms with Crippen LogP contribution in [-0.2, 0) is 23.1 Å². The highest BCUT2D eigenvalue weighted by atomic mass is 32.2. The van der Waals surface area contributed by atoms with Gasteiger partial charge in [-0.05, 0) is 62.6 Å². The zero-order chi connectivity index (χ0) is 22.3. The van der Waals surface area contributed by atoms with Crippen LogP contribution in [-0.4, -0.2) is 38.3 Å². The Kier molecular flexibility index (Phi) is 8.37. The van der Waals surface area contributed by atoms with Crippen molar-refractivity contribution in [2.75, 3.05) is 13.6 Å². The van der Waals surface area contributed by atoms with E-state index in [1.54, 1.807) is 44.3 Å². The number of hydrogen-bond donors (Lipinski definition) is 2. The van der Waals surface area contributed by atoms with Crippen molar-refractivity contribution >= 4 is 16.0 Å². The zero-order valence-corrected chi connectivity index (χ0v) is 19.1. The lowest BCUT2D eigenvalue weighted by molar-refractivity contribution is 0.410. The Labute approximate surface area is 179 Å². The van der Waals surface area contributed by atoms with Crippen LogP contribution in [0.3, 0.4) is 0 Å². The topological polar surface area (TPSA) is 73.8 Å². The third kappa shape index (κ3) is 6.27. The molecule has 2 aromatic carbocycles. The smallest absolute Gasteiger partial charge is 0.243 e. The maximum Gasteiger partial charge on any atom is 0.243 e. The van der Waals surface area contributed by atoms with Gasteiger partial charge in [0.15, 0.2) is 5.96 Å². The van der Waals surface area contributed by atoms with E-state index in [-0.39, 0.29) is 16.8 Å². The number of sulfonamides is 1. The summed E-state index contributed by atoms with van der Waals surface area (Å²) < 4.78 is 40.2. The van der Waals surface area contributed by atoms with Crippen molar-refractivity contribution in [1.29, 1.82) is 0 Å². The second kappa shape index (κ2) is 10.5. The highest BCUT2D eigenvalue weighted by Crippen LogP contribution is 2.17. The molecule has 0 spiro atoms. The van der Waals surface area contributed by atoms with Crippen molar-refractivity contribution in [2.24, 2.45) is 4.99 Å². The SMILES string of the molecule is CCNC(=NCc1ccc(C)c(F)c1)NCc1ccc(S(=O)(=O)N(C)C(C)C)cc1. The van der Waals surface area contributed by atoms with E-state index in [2.05, 4.69) is 15.6 Å². The fraction of sp³-hybridized carbons (Fsp3) is 0.409. The molecule has 0 aliphatic rings. The van der Waals surface area contributed by atoms with E-state index >= 15 is 0 Å². The van der Waals surface area contributed by atoms with Gasteiger partial charge in [-0.1, -0.05) is 24.3 Å². The molecule has 0 aromatic heterocycles. The first-order chi connectivity index (χ1) is 14.1. The molecule has 2 N–H and O–H groups in total. The molecule has 0 amide bonds. The van der Waals surface area contributed by atoms with Crippen molar-refractivity contribution in [3.8, 4) is 0 Å². The third-order valence-electron chi connectivity index (χ3n) is 4.79. The minimum absolute atomic E-state index is 0.114. The predicted octanol–water partition coefficient (Wildman–Crippen LogP) is 3.42. The van der Waals surface area contributed by atoms with Gasteiger partial charge in [0.1, 0.15) is 5.82 Å². The van der Waals surface area contributed by atoms with Gasteiger partial charge in [0.2, 0.25) is 10.0 Å². The summed E-state index contributed by atoms with van der Waals surface area (Å²) in [4.78, 5) is 4.76. The molecule has 0 radical (unpaired) electrons. The minimum atomic E-state index is -3.49. The van der Waals surface area contributed by atoms with Gasteiger partial charge in [0.05, 0.1) is 11.4 Å². The first-order valence-corrected chi connectivity index (χ1v) is 11.4. The summed E-state index contributed by atoms with van der Waals surface area (Å²) in [6.07, 6.45) is 0. The van der Waals surface area contributed by atoms with Crippen LogP contribution >= 0.6 is 0 Å². The second-order valence-corrected chi connectivity index (χ2v) is 9.39. The summed E-state index contributed by atoms with van der Waals surface area (Å²) in [5, 5.41) is 6.37. The zero-order valence-electron chi connectivity index (χ0n) is 18.2. The number of nitrogens with one attached hydrogen (secondary N) is 2. The molecule has 0 unspecified atom stereocenters. The molecule has 164 valence electrons. The second-order valence-electron chi connectivity index (χ2n) is 7.39. The summed E-state index contributed by atoms with van der Waals surface area (Å²) in [6, 6.07) is 11.8. The number of aliphatic imine (C=N–C) groups is 1. The number of guanidine groups is 1. The van der Waals surface area contributed by atoms with Crippen LogP contribution in [0.2, 0.25) is 0 Å². The molecule has 0 saturated carbocycles. The Morgan fingerprint density at radius 1 is 1.10 bits per heavy atom. The summed E-state index contributed by atoms with van der Waals surface area (Å²) in [6.45, 7) is 8.89. The van der Waals surface area contributed by atoms with Crippen LogP contribution in [0, 0.1) is 12.7 Å². The highest BCUT2D eigenvalue weighted by molar-refractivity contribution is 7.89. The Morgan fingerprint density at radius 3 is 2.30 bits per heavy atom. The molecule has 6 nitrogen and oxygen atoms in total. The maximum absolute atomic E-state index is 13.7. The van der Waals surface area contributed by atoms with Gasteiger partial charge in [-0.3, -0.25) is 0 Å². The van der Waals surface area contributed by atoms with Gasteiger partial charge < -0.3 is 10.6 Å². The summed E-state index contributed by atoms with van der Waals surface area (Å²) in [5.41, 5.74) is 2.32. The lowest BCUT2D eigenvalue weighted by Gasteiger charge is -2.21. The van der Waals surface area contributed by atoms with Gasteiger partial charge >= 0.3 is 0 Å². The van der Waals surface area contributed by atoms with Gasteiger partial charge in [-0.25, -0.2) is 17.8 Å².